The molecule has 0 spiro atoms. The summed E-state index contributed by atoms with van der Waals surface area (Å²) in [5.41, 5.74) is 1.69. The van der Waals surface area contributed by atoms with E-state index < -0.39 is 5.60 Å². The summed E-state index contributed by atoms with van der Waals surface area (Å²) in [5.74, 6) is 0.829. The van der Waals surface area contributed by atoms with Crippen molar-refractivity contribution in [3.8, 4) is 5.75 Å². The highest BCUT2D eigenvalue weighted by atomic mass is 16.5. The summed E-state index contributed by atoms with van der Waals surface area (Å²) in [5, 5.41) is 5.83. The lowest BCUT2D eigenvalue weighted by atomic mass is 9.91. The molecule has 140 valence electrons. The van der Waals surface area contributed by atoms with Crippen LogP contribution >= 0.6 is 0 Å². The van der Waals surface area contributed by atoms with E-state index in [1.165, 1.54) is 0 Å². The maximum absolute atomic E-state index is 12.1. The third-order valence-corrected chi connectivity index (χ3v) is 4.65. The number of carbonyl (C=O) groups is 1. The Balaban J connectivity index is 1.82. The summed E-state index contributed by atoms with van der Waals surface area (Å²) >= 11 is 0. The van der Waals surface area contributed by atoms with E-state index in [1.807, 2.05) is 54.6 Å². The van der Waals surface area contributed by atoms with Crippen molar-refractivity contribution in [2.45, 2.75) is 25.4 Å². The fraction of sp³-hybridized carbons (Fsp3) is 0.381. The third kappa shape index (κ3) is 5.23. The van der Waals surface area contributed by atoms with Gasteiger partial charge in [0.2, 0.25) is 0 Å². The number of hydrogen-bond acceptors (Lipinski definition) is 3. The van der Waals surface area contributed by atoms with Crippen molar-refractivity contribution in [2.75, 3.05) is 27.3 Å². The Morgan fingerprint density at radius 3 is 2.27 bits per heavy atom. The fourth-order valence-corrected chi connectivity index (χ4v) is 2.91. The van der Waals surface area contributed by atoms with Gasteiger partial charge in [-0.3, -0.25) is 0 Å². The van der Waals surface area contributed by atoms with E-state index in [4.69, 9.17) is 9.47 Å². The number of nitrogens with one attached hydrogen (secondary N) is 2. The number of methoxy groups -OCH3 is 2. The van der Waals surface area contributed by atoms with Gasteiger partial charge < -0.3 is 20.1 Å². The van der Waals surface area contributed by atoms with E-state index in [-0.39, 0.29) is 6.03 Å². The first-order chi connectivity index (χ1) is 12.6. The van der Waals surface area contributed by atoms with Crippen molar-refractivity contribution in [3.05, 3.63) is 65.7 Å². The molecule has 0 radical (unpaired) electrons. The molecule has 2 rings (SSSR count). The van der Waals surface area contributed by atoms with Crippen LogP contribution in [0.25, 0.3) is 0 Å². The summed E-state index contributed by atoms with van der Waals surface area (Å²) in [6.45, 7) is 3.04. The van der Waals surface area contributed by atoms with Gasteiger partial charge in [0.05, 0.1) is 13.7 Å². The summed E-state index contributed by atoms with van der Waals surface area (Å²) in [6.07, 6.45) is 1.53. The van der Waals surface area contributed by atoms with Crippen molar-refractivity contribution in [3.63, 3.8) is 0 Å². The molecule has 2 aromatic rings. The lowest BCUT2D eigenvalue weighted by molar-refractivity contribution is -0.0152. The Morgan fingerprint density at radius 1 is 1.00 bits per heavy atom. The molecule has 0 bridgehead atoms. The zero-order chi connectivity index (χ0) is 18.8. The van der Waals surface area contributed by atoms with Gasteiger partial charge in [-0.15, -0.1) is 0 Å². The quantitative estimate of drug-likeness (QED) is 0.723. The molecule has 2 N–H and O–H groups in total. The summed E-state index contributed by atoms with van der Waals surface area (Å²) in [7, 11) is 3.33. The van der Waals surface area contributed by atoms with E-state index in [2.05, 4.69) is 17.6 Å². The second kappa shape index (κ2) is 9.82. The van der Waals surface area contributed by atoms with Gasteiger partial charge in [-0.25, -0.2) is 4.79 Å². The fourth-order valence-electron chi connectivity index (χ4n) is 2.91. The second-order valence-corrected chi connectivity index (χ2v) is 6.13. The number of ether oxygens (including phenoxy) is 2. The van der Waals surface area contributed by atoms with Gasteiger partial charge >= 0.3 is 6.03 Å². The first kappa shape index (κ1) is 19.8. The average Bonchev–Trinajstić information content (AvgIpc) is 2.70. The van der Waals surface area contributed by atoms with Crippen LogP contribution in [0.3, 0.4) is 0 Å². The molecule has 1 atom stereocenters. The van der Waals surface area contributed by atoms with Gasteiger partial charge in [0.15, 0.2) is 0 Å². The smallest absolute Gasteiger partial charge is 0.314 e. The average molecular weight is 356 g/mol. The standard InChI is InChI=1S/C21H28N2O3/c1-4-21(26-3,18-8-6-5-7-9-18)16-23-20(24)22-15-14-17-10-12-19(25-2)13-11-17/h5-13H,4,14-16H2,1-3H3,(H2,22,23,24). The molecule has 0 saturated carbocycles. The van der Waals surface area contributed by atoms with Gasteiger partial charge in [0.25, 0.3) is 0 Å². The van der Waals surface area contributed by atoms with E-state index in [0.29, 0.717) is 13.1 Å². The lowest BCUT2D eigenvalue weighted by Gasteiger charge is -2.32. The Labute approximate surface area is 155 Å². The summed E-state index contributed by atoms with van der Waals surface area (Å²) in [6, 6.07) is 17.6. The van der Waals surface area contributed by atoms with E-state index in [9.17, 15) is 4.79 Å². The Bertz CT molecular complexity index is 667. The Hall–Kier alpha value is -2.53. The lowest BCUT2D eigenvalue weighted by Crippen LogP contribution is -2.46. The summed E-state index contributed by atoms with van der Waals surface area (Å²) < 4.78 is 10.9. The van der Waals surface area contributed by atoms with Crippen LogP contribution in [0.2, 0.25) is 0 Å². The first-order valence-electron chi connectivity index (χ1n) is 8.89. The second-order valence-electron chi connectivity index (χ2n) is 6.13. The van der Waals surface area contributed by atoms with Crippen molar-refractivity contribution in [1.29, 1.82) is 0 Å². The number of benzene rings is 2. The molecule has 0 fully saturated rings. The number of carbonyl (C=O) groups excluding carboxylic acids is 1. The van der Waals surface area contributed by atoms with Crippen LogP contribution in [0.5, 0.6) is 5.75 Å². The topological polar surface area (TPSA) is 59.6 Å². The van der Waals surface area contributed by atoms with Crippen LogP contribution in [0.4, 0.5) is 4.79 Å². The molecule has 26 heavy (non-hydrogen) atoms. The summed E-state index contributed by atoms with van der Waals surface area (Å²) in [4.78, 5) is 12.1. The zero-order valence-corrected chi connectivity index (χ0v) is 15.7. The predicted octanol–water partition coefficient (Wildman–Crippen LogP) is 3.49. The van der Waals surface area contributed by atoms with Gasteiger partial charge in [0, 0.05) is 13.7 Å². The molecule has 0 aliphatic heterocycles. The van der Waals surface area contributed by atoms with Gasteiger partial charge in [-0.2, -0.15) is 0 Å². The number of urea groups is 1. The molecule has 0 saturated heterocycles. The molecule has 1 unspecified atom stereocenters. The van der Waals surface area contributed by atoms with Crippen molar-refractivity contribution >= 4 is 6.03 Å². The SMILES string of the molecule is CCC(CNC(=O)NCCc1ccc(OC)cc1)(OC)c1ccccc1. The molecule has 0 aliphatic rings. The minimum Gasteiger partial charge on any atom is -0.497 e. The van der Waals surface area contributed by atoms with Crippen molar-refractivity contribution in [1.82, 2.24) is 10.6 Å². The molecule has 0 aromatic heterocycles. The molecule has 5 heteroatoms. The van der Waals surface area contributed by atoms with Crippen LogP contribution in [0, 0.1) is 0 Å². The minimum absolute atomic E-state index is 0.190. The minimum atomic E-state index is -0.519. The van der Waals surface area contributed by atoms with Crippen LogP contribution in [0.15, 0.2) is 54.6 Å². The molecule has 0 heterocycles. The predicted molar refractivity (Wildman–Crippen MR) is 104 cm³/mol. The molecule has 5 nitrogen and oxygen atoms in total. The molecular weight excluding hydrogens is 328 g/mol. The van der Waals surface area contributed by atoms with Crippen LogP contribution in [0.1, 0.15) is 24.5 Å². The molecule has 2 amide bonds. The number of amides is 2. The number of hydrogen-bond donors (Lipinski definition) is 2. The third-order valence-electron chi connectivity index (χ3n) is 4.65. The van der Waals surface area contributed by atoms with Crippen LogP contribution in [-0.2, 0) is 16.8 Å². The normalized spacial score (nSPS) is 12.9. The van der Waals surface area contributed by atoms with E-state index >= 15 is 0 Å². The van der Waals surface area contributed by atoms with Crippen molar-refractivity contribution in [2.24, 2.45) is 0 Å². The van der Waals surface area contributed by atoms with Crippen LogP contribution < -0.4 is 15.4 Å². The molecule has 0 aliphatic carbocycles. The van der Waals surface area contributed by atoms with Crippen LogP contribution in [-0.4, -0.2) is 33.3 Å². The Kier molecular flexibility index (Phi) is 7.48. The first-order valence-corrected chi connectivity index (χ1v) is 8.89. The number of rotatable bonds is 9. The highest BCUT2D eigenvalue weighted by Gasteiger charge is 2.30. The highest BCUT2D eigenvalue weighted by Crippen LogP contribution is 2.27. The van der Waals surface area contributed by atoms with E-state index in [1.54, 1.807) is 14.2 Å². The van der Waals surface area contributed by atoms with Crippen molar-refractivity contribution < 1.29 is 14.3 Å². The monoisotopic (exact) mass is 356 g/mol. The highest BCUT2D eigenvalue weighted by molar-refractivity contribution is 5.73. The van der Waals surface area contributed by atoms with Gasteiger partial charge in [0.1, 0.15) is 11.4 Å². The zero-order valence-electron chi connectivity index (χ0n) is 15.7. The Morgan fingerprint density at radius 2 is 1.69 bits per heavy atom. The maximum Gasteiger partial charge on any atom is 0.314 e. The largest absolute Gasteiger partial charge is 0.497 e. The van der Waals surface area contributed by atoms with Gasteiger partial charge in [-0.05, 0) is 36.1 Å². The molecule has 2 aromatic carbocycles. The van der Waals surface area contributed by atoms with E-state index in [0.717, 1.165) is 29.7 Å². The molecular formula is C21H28N2O3. The maximum atomic E-state index is 12.1. The van der Waals surface area contributed by atoms with Gasteiger partial charge in [-0.1, -0.05) is 49.4 Å².